The molecule has 1 radical (unpaired) electrons. The van der Waals surface area contributed by atoms with Crippen LogP contribution in [0.25, 0.3) is 11.1 Å². The molecule has 0 amide bonds. The predicted octanol–water partition coefficient (Wildman–Crippen LogP) is 5.67. The Morgan fingerprint density at radius 1 is 0.889 bits per heavy atom. The van der Waals surface area contributed by atoms with Crippen LogP contribution in [0.1, 0.15) is 24.5 Å². The summed E-state index contributed by atoms with van der Waals surface area (Å²) < 4.78 is 5.70. The van der Waals surface area contributed by atoms with E-state index in [1.165, 1.54) is 11.1 Å². The summed E-state index contributed by atoms with van der Waals surface area (Å²) in [5.74, 6) is 0.831. The molecule has 3 rings (SSSR count). The van der Waals surface area contributed by atoms with Crippen LogP contribution >= 0.6 is 0 Å². The molecule has 0 fully saturated rings. The van der Waals surface area contributed by atoms with Gasteiger partial charge in [-0.3, -0.25) is 0 Å². The monoisotopic (exact) mass is 358 g/mol. The summed E-state index contributed by atoms with van der Waals surface area (Å²) >= 11 is 0. The van der Waals surface area contributed by atoms with Crippen LogP contribution in [-0.2, 0) is 4.84 Å². The number of rotatable bonds is 8. The van der Waals surface area contributed by atoms with Gasteiger partial charge < -0.3 is 9.57 Å². The largest absolute Gasteiger partial charge is 0.490 e. The van der Waals surface area contributed by atoms with Gasteiger partial charge in [-0.25, -0.2) is 0 Å². The fourth-order valence-corrected chi connectivity index (χ4v) is 2.78. The van der Waals surface area contributed by atoms with Crippen LogP contribution in [0, 0.1) is 13.0 Å². The molecule has 0 unspecified atom stereocenters. The van der Waals surface area contributed by atoms with E-state index < -0.39 is 0 Å². The minimum atomic E-state index is 0.403. The van der Waals surface area contributed by atoms with Gasteiger partial charge in [-0.2, -0.15) is 0 Å². The van der Waals surface area contributed by atoms with Crippen molar-refractivity contribution in [2.45, 2.75) is 20.3 Å². The molecule has 0 N–H and O–H groups in total. The first kappa shape index (κ1) is 18.7. The first-order valence-electron chi connectivity index (χ1n) is 9.22. The molecule has 3 heteroatoms. The van der Waals surface area contributed by atoms with Gasteiger partial charge in [0.2, 0.25) is 0 Å². The molecule has 137 valence electrons. The summed E-state index contributed by atoms with van der Waals surface area (Å²) in [6.07, 6.45) is 0.804. The molecule has 3 aromatic carbocycles. The third-order valence-electron chi connectivity index (χ3n) is 4.28. The van der Waals surface area contributed by atoms with Gasteiger partial charge in [0, 0.05) is 0 Å². The maximum Gasteiger partial charge on any atom is 0.151 e. The van der Waals surface area contributed by atoms with Gasteiger partial charge in [-0.15, -0.1) is 0 Å². The lowest BCUT2D eigenvalue weighted by Gasteiger charge is -2.09. The highest BCUT2D eigenvalue weighted by Gasteiger charge is 2.04. The number of ether oxygens (including phenoxy) is 1. The number of nitrogens with zero attached hydrogens (tertiary/aromatic N) is 1. The van der Waals surface area contributed by atoms with E-state index in [9.17, 15) is 0 Å². The topological polar surface area (TPSA) is 30.8 Å². The Bertz CT molecular complexity index is 870. The highest BCUT2D eigenvalue weighted by atomic mass is 16.6. The fraction of sp³-hybridized carbons (Fsp3) is 0.208. The van der Waals surface area contributed by atoms with E-state index in [1.54, 1.807) is 0 Å². The molecular weight excluding hydrogens is 334 g/mol. The quantitative estimate of drug-likeness (QED) is 0.295. The zero-order valence-corrected chi connectivity index (χ0v) is 15.8. The van der Waals surface area contributed by atoms with Gasteiger partial charge in [0.1, 0.15) is 12.4 Å². The third-order valence-corrected chi connectivity index (χ3v) is 4.28. The Balaban J connectivity index is 1.55. The smallest absolute Gasteiger partial charge is 0.151 e. The summed E-state index contributed by atoms with van der Waals surface area (Å²) in [6.45, 7) is 4.90. The minimum absolute atomic E-state index is 0.403. The van der Waals surface area contributed by atoms with Crippen molar-refractivity contribution in [2.24, 2.45) is 5.16 Å². The van der Waals surface area contributed by atoms with Gasteiger partial charge in [-0.1, -0.05) is 78.8 Å². The van der Waals surface area contributed by atoms with E-state index in [0.29, 0.717) is 13.2 Å². The van der Waals surface area contributed by atoms with Crippen LogP contribution in [0.15, 0.2) is 78.0 Å². The SMILES string of the molecule is CCC(=NOCCOc1ccc[c]c1C)c1ccc(-c2ccccc2)cc1. The maximum absolute atomic E-state index is 5.70. The third kappa shape index (κ3) is 5.20. The average molecular weight is 358 g/mol. The Kier molecular flexibility index (Phi) is 6.64. The molecule has 0 saturated carbocycles. The lowest BCUT2D eigenvalue weighted by Crippen LogP contribution is -2.07. The normalized spacial score (nSPS) is 11.3. The zero-order valence-electron chi connectivity index (χ0n) is 15.8. The van der Waals surface area contributed by atoms with Crippen molar-refractivity contribution in [3.8, 4) is 16.9 Å². The first-order chi connectivity index (χ1) is 13.3. The molecule has 0 aliphatic carbocycles. The molecule has 0 spiro atoms. The average Bonchev–Trinajstić information content (AvgIpc) is 2.73. The van der Waals surface area contributed by atoms with Crippen molar-refractivity contribution in [2.75, 3.05) is 13.2 Å². The van der Waals surface area contributed by atoms with E-state index in [4.69, 9.17) is 9.57 Å². The van der Waals surface area contributed by atoms with E-state index in [0.717, 1.165) is 29.0 Å². The van der Waals surface area contributed by atoms with Crippen LogP contribution in [0.4, 0.5) is 0 Å². The number of benzene rings is 3. The predicted molar refractivity (Wildman–Crippen MR) is 110 cm³/mol. The van der Waals surface area contributed by atoms with Crippen molar-refractivity contribution < 1.29 is 9.57 Å². The Morgan fingerprint density at radius 2 is 1.63 bits per heavy atom. The van der Waals surface area contributed by atoms with Crippen LogP contribution < -0.4 is 4.74 Å². The Hall–Kier alpha value is -3.07. The number of oxime groups is 1. The number of aryl methyl sites for hydroxylation is 1. The molecular formula is C24H24NO2. The Labute approximate surface area is 161 Å². The summed E-state index contributed by atoms with van der Waals surface area (Å²) in [4.78, 5) is 5.47. The lowest BCUT2D eigenvalue weighted by molar-refractivity contribution is 0.106. The van der Waals surface area contributed by atoms with Crippen molar-refractivity contribution in [3.63, 3.8) is 0 Å². The second-order valence-corrected chi connectivity index (χ2v) is 6.18. The van der Waals surface area contributed by atoms with Crippen LogP contribution in [-0.4, -0.2) is 18.9 Å². The molecule has 3 aromatic rings. The molecule has 0 aromatic heterocycles. The van der Waals surface area contributed by atoms with Gasteiger partial charge in [-0.05, 0) is 47.7 Å². The highest BCUT2D eigenvalue weighted by Crippen LogP contribution is 2.20. The molecule has 27 heavy (non-hydrogen) atoms. The van der Waals surface area contributed by atoms with E-state index in [-0.39, 0.29) is 0 Å². The zero-order chi connectivity index (χ0) is 18.9. The van der Waals surface area contributed by atoms with Gasteiger partial charge in [0.15, 0.2) is 6.61 Å². The standard InChI is InChI=1S/C24H24NO2/c1-3-23(25-27-18-17-26-24-12-8-7-9-19(24)2)22-15-13-21(14-16-22)20-10-5-4-6-11-20/h4-8,10-16H,3,17-18H2,1-2H3. The van der Waals surface area contributed by atoms with Crippen LogP contribution in [0.2, 0.25) is 0 Å². The maximum atomic E-state index is 5.70. The molecule has 0 bridgehead atoms. The second kappa shape index (κ2) is 9.58. The molecule has 0 heterocycles. The summed E-state index contributed by atoms with van der Waals surface area (Å²) in [5, 5.41) is 4.30. The van der Waals surface area contributed by atoms with Crippen LogP contribution in [0.5, 0.6) is 5.75 Å². The highest BCUT2D eigenvalue weighted by molar-refractivity contribution is 6.00. The Morgan fingerprint density at radius 3 is 2.33 bits per heavy atom. The summed E-state index contributed by atoms with van der Waals surface area (Å²) in [5.41, 5.74) is 5.40. The first-order valence-corrected chi connectivity index (χ1v) is 9.22. The van der Waals surface area contributed by atoms with Crippen LogP contribution in [0.3, 0.4) is 0 Å². The second-order valence-electron chi connectivity index (χ2n) is 6.18. The van der Waals surface area contributed by atoms with Crippen molar-refractivity contribution in [1.29, 1.82) is 0 Å². The van der Waals surface area contributed by atoms with E-state index in [2.05, 4.69) is 54.5 Å². The molecule has 3 nitrogen and oxygen atoms in total. The lowest BCUT2D eigenvalue weighted by atomic mass is 10.0. The fourth-order valence-electron chi connectivity index (χ4n) is 2.78. The molecule has 0 aliphatic rings. The summed E-state index contributed by atoms with van der Waals surface area (Å²) in [7, 11) is 0. The van der Waals surface area contributed by atoms with E-state index >= 15 is 0 Å². The van der Waals surface area contributed by atoms with Crippen molar-refractivity contribution >= 4 is 5.71 Å². The van der Waals surface area contributed by atoms with E-state index in [1.807, 2.05) is 43.3 Å². The van der Waals surface area contributed by atoms with Gasteiger partial charge in [0.05, 0.1) is 5.71 Å². The minimum Gasteiger partial charge on any atom is -0.490 e. The van der Waals surface area contributed by atoms with Gasteiger partial charge >= 0.3 is 0 Å². The number of hydrogen-bond acceptors (Lipinski definition) is 3. The molecule has 0 aliphatic heterocycles. The number of hydrogen-bond donors (Lipinski definition) is 0. The molecule has 0 saturated heterocycles. The molecule has 0 atom stereocenters. The summed E-state index contributed by atoms with van der Waals surface area (Å²) in [6, 6.07) is 27.6. The van der Waals surface area contributed by atoms with Gasteiger partial charge in [0.25, 0.3) is 0 Å². The van der Waals surface area contributed by atoms with Crippen molar-refractivity contribution in [3.05, 3.63) is 90.0 Å². The van der Waals surface area contributed by atoms with Crippen molar-refractivity contribution in [1.82, 2.24) is 0 Å².